The van der Waals surface area contributed by atoms with E-state index in [1.807, 2.05) is 18.7 Å². The van der Waals surface area contributed by atoms with Gasteiger partial charge in [0.25, 0.3) is 0 Å². The third-order valence-corrected chi connectivity index (χ3v) is 2.41. The van der Waals surface area contributed by atoms with Crippen molar-refractivity contribution in [1.82, 2.24) is 4.90 Å². The van der Waals surface area contributed by atoms with Crippen LogP contribution in [-0.4, -0.2) is 47.7 Å². The topological polar surface area (TPSA) is 66.8 Å². The Hall–Kier alpha value is -1.10. The predicted molar refractivity (Wildman–Crippen MR) is 60.2 cm³/mol. The van der Waals surface area contributed by atoms with Gasteiger partial charge < -0.3 is 9.84 Å². The molecule has 0 aliphatic rings. The number of carbonyl (C=O) groups is 2. The molecule has 0 amide bonds. The number of ether oxygens (including phenoxy) is 1. The number of carboxylic acids is 1. The molecule has 0 heterocycles. The average molecular weight is 231 g/mol. The summed E-state index contributed by atoms with van der Waals surface area (Å²) in [6.07, 6.45) is 0.405. The lowest BCUT2D eigenvalue weighted by Crippen LogP contribution is -2.36. The van der Waals surface area contributed by atoms with Gasteiger partial charge in [-0.1, -0.05) is 6.92 Å². The Morgan fingerprint density at radius 1 is 1.38 bits per heavy atom. The molecule has 0 aromatic heterocycles. The van der Waals surface area contributed by atoms with E-state index >= 15 is 0 Å². The van der Waals surface area contributed by atoms with Crippen LogP contribution in [0.25, 0.3) is 0 Å². The predicted octanol–water partition coefficient (Wildman–Crippen LogP) is 1.12. The zero-order valence-electron chi connectivity index (χ0n) is 10.2. The standard InChI is InChI=1S/C11H21NO4/c1-4-12(7-6-10(13)14)9(3)8-11(15)16-5-2/h9H,4-8H2,1-3H3,(H,13,14). The average Bonchev–Trinajstić information content (AvgIpc) is 2.18. The first-order valence-corrected chi connectivity index (χ1v) is 5.62. The zero-order chi connectivity index (χ0) is 12.6. The normalized spacial score (nSPS) is 12.5. The van der Waals surface area contributed by atoms with Crippen molar-refractivity contribution in [3.8, 4) is 0 Å². The molecule has 0 radical (unpaired) electrons. The Morgan fingerprint density at radius 3 is 2.44 bits per heavy atom. The van der Waals surface area contributed by atoms with Crippen molar-refractivity contribution in [2.45, 2.75) is 39.7 Å². The molecular weight excluding hydrogens is 210 g/mol. The summed E-state index contributed by atoms with van der Waals surface area (Å²) in [7, 11) is 0. The van der Waals surface area contributed by atoms with Crippen molar-refractivity contribution in [3.05, 3.63) is 0 Å². The van der Waals surface area contributed by atoms with Crippen molar-refractivity contribution in [3.63, 3.8) is 0 Å². The first-order chi connectivity index (χ1) is 7.51. The highest BCUT2D eigenvalue weighted by Gasteiger charge is 2.17. The van der Waals surface area contributed by atoms with Crippen LogP contribution in [0.5, 0.6) is 0 Å². The number of hydrogen-bond donors (Lipinski definition) is 1. The van der Waals surface area contributed by atoms with Crippen LogP contribution in [0.4, 0.5) is 0 Å². The van der Waals surface area contributed by atoms with Crippen LogP contribution in [0, 0.1) is 0 Å². The van der Waals surface area contributed by atoms with Crippen LogP contribution in [0.15, 0.2) is 0 Å². The monoisotopic (exact) mass is 231 g/mol. The SMILES string of the molecule is CCOC(=O)CC(C)N(CC)CCC(=O)O. The molecule has 1 unspecified atom stereocenters. The molecule has 0 saturated carbocycles. The van der Waals surface area contributed by atoms with Gasteiger partial charge in [-0.3, -0.25) is 14.5 Å². The largest absolute Gasteiger partial charge is 0.481 e. The van der Waals surface area contributed by atoms with Crippen LogP contribution in [-0.2, 0) is 14.3 Å². The van der Waals surface area contributed by atoms with Crippen molar-refractivity contribution in [1.29, 1.82) is 0 Å². The minimum Gasteiger partial charge on any atom is -0.481 e. The fourth-order valence-electron chi connectivity index (χ4n) is 1.52. The number of carboxylic acid groups (broad SMARTS) is 1. The van der Waals surface area contributed by atoms with Crippen LogP contribution in [0.1, 0.15) is 33.6 Å². The summed E-state index contributed by atoms with van der Waals surface area (Å²) >= 11 is 0. The lowest BCUT2D eigenvalue weighted by molar-refractivity contribution is -0.144. The molecule has 0 fully saturated rings. The molecule has 5 heteroatoms. The lowest BCUT2D eigenvalue weighted by atomic mass is 10.2. The van der Waals surface area contributed by atoms with Crippen LogP contribution in [0.3, 0.4) is 0 Å². The summed E-state index contributed by atoms with van der Waals surface area (Å²) in [6.45, 7) is 7.20. The minimum atomic E-state index is -0.818. The highest BCUT2D eigenvalue weighted by atomic mass is 16.5. The third-order valence-electron chi connectivity index (χ3n) is 2.41. The van der Waals surface area contributed by atoms with E-state index in [9.17, 15) is 9.59 Å². The highest BCUT2D eigenvalue weighted by Crippen LogP contribution is 2.05. The molecule has 0 bridgehead atoms. The maximum atomic E-state index is 11.2. The molecule has 0 spiro atoms. The summed E-state index contributed by atoms with van der Waals surface area (Å²) in [6, 6.07) is 0.0170. The van der Waals surface area contributed by atoms with Crippen LogP contribution >= 0.6 is 0 Å². The molecule has 0 saturated heterocycles. The van der Waals surface area contributed by atoms with Crippen molar-refractivity contribution in [2.24, 2.45) is 0 Å². The molecule has 0 aromatic rings. The third kappa shape index (κ3) is 6.40. The Labute approximate surface area is 96.4 Å². The number of rotatable bonds is 8. The fraction of sp³-hybridized carbons (Fsp3) is 0.818. The van der Waals surface area contributed by atoms with E-state index in [1.165, 1.54) is 0 Å². The van der Waals surface area contributed by atoms with Gasteiger partial charge in [-0.25, -0.2) is 0 Å². The van der Waals surface area contributed by atoms with E-state index in [1.54, 1.807) is 6.92 Å². The quantitative estimate of drug-likeness (QED) is 0.634. The molecular formula is C11H21NO4. The molecule has 0 aromatic carbocycles. The zero-order valence-corrected chi connectivity index (χ0v) is 10.2. The number of nitrogens with zero attached hydrogens (tertiary/aromatic N) is 1. The summed E-state index contributed by atoms with van der Waals surface area (Å²) in [5, 5.41) is 8.59. The maximum Gasteiger partial charge on any atom is 0.307 e. The second kappa shape index (κ2) is 8.10. The van der Waals surface area contributed by atoms with E-state index in [2.05, 4.69) is 0 Å². The summed E-state index contributed by atoms with van der Waals surface area (Å²) < 4.78 is 4.85. The van der Waals surface area contributed by atoms with Crippen LogP contribution < -0.4 is 0 Å². The Kier molecular flexibility index (Phi) is 7.54. The first-order valence-electron chi connectivity index (χ1n) is 5.62. The number of esters is 1. The second-order valence-electron chi connectivity index (χ2n) is 3.63. The second-order valence-corrected chi connectivity index (χ2v) is 3.63. The number of aliphatic carboxylic acids is 1. The molecule has 5 nitrogen and oxygen atoms in total. The van der Waals surface area contributed by atoms with Crippen LogP contribution in [0.2, 0.25) is 0 Å². The van der Waals surface area contributed by atoms with E-state index in [-0.39, 0.29) is 18.4 Å². The molecule has 0 aliphatic carbocycles. The number of carbonyl (C=O) groups excluding carboxylic acids is 1. The van der Waals surface area contributed by atoms with Crippen molar-refractivity contribution >= 4 is 11.9 Å². The number of hydrogen-bond acceptors (Lipinski definition) is 4. The van der Waals surface area contributed by atoms with Gasteiger partial charge >= 0.3 is 11.9 Å². The van der Waals surface area contributed by atoms with Gasteiger partial charge in [0.1, 0.15) is 0 Å². The van der Waals surface area contributed by atoms with Crippen molar-refractivity contribution < 1.29 is 19.4 Å². The summed E-state index contributed by atoms with van der Waals surface area (Å²) in [4.78, 5) is 23.7. The van der Waals surface area contributed by atoms with Gasteiger partial charge in [0.2, 0.25) is 0 Å². The van der Waals surface area contributed by atoms with E-state index < -0.39 is 5.97 Å². The summed E-state index contributed by atoms with van der Waals surface area (Å²) in [5.74, 6) is -1.05. The van der Waals surface area contributed by atoms with Gasteiger partial charge in [-0.2, -0.15) is 0 Å². The Morgan fingerprint density at radius 2 is 2.00 bits per heavy atom. The lowest BCUT2D eigenvalue weighted by Gasteiger charge is -2.26. The molecule has 16 heavy (non-hydrogen) atoms. The molecule has 0 rings (SSSR count). The fourth-order valence-corrected chi connectivity index (χ4v) is 1.52. The van der Waals surface area contributed by atoms with E-state index in [0.717, 1.165) is 6.54 Å². The van der Waals surface area contributed by atoms with E-state index in [4.69, 9.17) is 9.84 Å². The smallest absolute Gasteiger partial charge is 0.307 e. The summed E-state index contributed by atoms with van der Waals surface area (Å²) in [5.41, 5.74) is 0. The van der Waals surface area contributed by atoms with Crippen molar-refractivity contribution in [2.75, 3.05) is 19.7 Å². The highest BCUT2D eigenvalue weighted by molar-refractivity contribution is 5.70. The van der Waals surface area contributed by atoms with E-state index in [0.29, 0.717) is 19.6 Å². The van der Waals surface area contributed by atoms with Gasteiger partial charge in [0.15, 0.2) is 0 Å². The van der Waals surface area contributed by atoms with Gasteiger partial charge in [0.05, 0.1) is 19.4 Å². The molecule has 94 valence electrons. The van der Waals surface area contributed by atoms with Gasteiger partial charge in [-0.05, 0) is 20.4 Å². The minimum absolute atomic E-state index is 0.0170. The van der Waals surface area contributed by atoms with Gasteiger partial charge in [-0.15, -0.1) is 0 Å². The van der Waals surface area contributed by atoms with Gasteiger partial charge in [0, 0.05) is 12.6 Å². The maximum absolute atomic E-state index is 11.2. The molecule has 0 aliphatic heterocycles. The Bertz CT molecular complexity index is 230. The first kappa shape index (κ1) is 14.9. The molecule has 1 N–H and O–H groups in total. The molecule has 1 atom stereocenters. The Balaban J connectivity index is 4.04.